The third-order valence-electron chi connectivity index (χ3n) is 3.56. The third kappa shape index (κ3) is 3.54. The highest BCUT2D eigenvalue weighted by Crippen LogP contribution is 2.22. The lowest BCUT2D eigenvalue weighted by Crippen LogP contribution is -2.21. The quantitative estimate of drug-likeness (QED) is 0.782. The maximum Gasteiger partial charge on any atom is 0.0513 e. The molecule has 0 amide bonds. The van der Waals surface area contributed by atoms with Crippen LogP contribution in [-0.4, -0.2) is 22.1 Å². The molecule has 2 nitrogen and oxygen atoms in total. The largest absolute Gasteiger partial charge is 0.346 e. The molecule has 19 heavy (non-hydrogen) atoms. The highest BCUT2D eigenvalue weighted by molar-refractivity contribution is 7.99. The van der Waals surface area contributed by atoms with E-state index >= 15 is 0 Å². The smallest absolute Gasteiger partial charge is 0.0513 e. The maximum atomic E-state index is 6.12. The van der Waals surface area contributed by atoms with Crippen LogP contribution in [0.5, 0.6) is 0 Å². The average Bonchev–Trinajstić information content (AvgIpc) is 2.83. The molecule has 104 valence electrons. The van der Waals surface area contributed by atoms with E-state index in [4.69, 9.17) is 5.73 Å². The van der Waals surface area contributed by atoms with Gasteiger partial charge in [-0.2, -0.15) is 11.8 Å². The number of nitrogens with zero attached hydrogens (tertiary/aromatic N) is 1. The molecule has 1 atom stereocenters. The van der Waals surface area contributed by atoms with Gasteiger partial charge in [0.1, 0.15) is 0 Å². The van der Waals surface area contributed by atoms with E-state index in [0.717, 1.165) is 19.4 Å². The first-order valence-electron chi connectivity index (χ1n) is 7.16. The highest BCUT2D eigenvalue weighted by Gasteiger charge is 2.09. The highest BCUT2D eigenvalue weighted by atomic mass is 32.2. The van der Waals surface area contributed by atoms with E-state index < -0.39 is 0 Å². The van der Waals surface area contributed by atoms with E-state index in [2.05, 4.69) is 48.9 Å². The lowest BCUT2D eigenvalue weighted by molar-refractivity contribution is 0.646. The van der Waals surface area contributed by atoms with Crippen molar-refractivity contribution in [1.82, 2.24) is 4.57 Å². The Morgan fingerprint density at radius 2 is 2.11 bits per heavy atom. The van der Waals surface area contributed by atoms with Crippen molar-refractivity contribution in [3.05, 3.63) is 36.0 Å². The molecule has 1 aromatic carbocycles. The molecule has 0 saturated carbocycles. The number of rotatable bonds is 7. The van der Waals surface area contributed by atoms with Gasteiger partial charge in [-0.3, -0.25) is 0 Å². The summed E-state index contributed by atoms with van der Waals surface area (Å²) in [5.41, 5.74) is 8.89. The molecule has 2 N–H and O–H groups in total. The van der Waals surface area contributed by atoms with Crippen molar-refractivity contribution < 1.29 is 0 Å². The number of thioether (sulfide) groups is 1. The van der Waals surface area contributed by atoms with E-state index in [-0.39, 0.29) is 6.04 Å². The summed E-state index contributed by atoms with van der Waals surface area (Å²) in [6.07, 6.45) is 4.21. The minimum atomic E-state index is 0.263. The van der Waals surface area contributed by atoms with Crippen molar-refractivity contribution in [3.8, 4) is 0 Å². The summed E-state index contributed by atoms with van der Waals surface area (Å²) in [5.74, 6) is 2.36. The minimum absolute atomic E-state index is 0.263. The minimum Gasteiger partial charge on any atom is -0.346 e. The lowest BCUT2D eigenvalue weighted by atomic mass is 10.0. The number of para-hydroxylation sites is 1. The fourth-order valence-electron chi connectivity index (χ4n) is 2.43. The van der Waals surface area contributed by atoms with Crippen molar-refractivity contribution >= 4 is 22.7 Å². The van der Waals surface area contributed by atoms with E-state index in [9.17, 15) is 0 Å². The number of hydrogen-bond acceptors (Lipinski definition) is 2. The molecule has 0 aliphatic rings. The van der Waals surface area contributed by atoms with Gasteiger partial charge in [-0.1, -0.05) is 32.0 Å². The van der Waals surface area contributed by atoms with Crippen molar-refractivity contribution in [2.45, 2.75) is 39.3 Å². The van der Waals surface area contributed by atoms with Crippen molar-refractivity contribution in [1.29, 1.82) is 0 Å². The van der Waals surface area contributed by atoms with Gasteiger partial charge in [-0.15, -0.1) is 0 Å². The standard InChI is InChI=1S/C16H24N2S/c1-3-15(17)12-14-7-5-6-13-8-9-18(16(13)14)10-11-19-4-2/h5-9,15H,3-4,10-12,17H2,1-2H3. The van der Waals surface area contributed by atoms with Crippen LogP contribution in [0.4, 0.5) is 0 Å². The molecular formula is C16H24N2S. The van der Waals surface area contributed by atoms with Crippen LogP contribution in [0.15, 0.2) is 30.5 Å². The first kappa shape index (κ1) is 14.5. The molecule has 1 unspecified atom stereocenters. The molecule has 2 aromatic rings. The lowest BCUT2D eigenvalue weighted by Gasteiger charge is -2.13. The second-order valence-electron chi connectivity index (χ2n) is 4.93. The number of aryl methyl sites for hydroxylation is 1. The summed E-state index contributed by atoms with van der Waals surface area (Å²) in [5, 5.41) is 1.34. The van der Waals surface area contributed by atoms with Crippen LogP contribution < -0.4 is 5.73 Å². The van der Waals surface area contributed by atoms with Gasteiger partial charge < -0.3 is 10.3 Å². The summed E-state index contributed by atoms with van der Waals surface area (Å²) >= 11 is 1.99. The maximum absolute atomic E-state index is 6.12. The van der Waals surface area contributed by atoms with Crippen LogP contribution in [0.3, 0.4) is 0 Å². The Balaban J connectivity index is 2.27. The summed E-state index contributed by atoms with van der Waals surface area (Å²) in [6, 6.07) is 9.04. The number of nitrogens with two attached hydrogens (primary N) is 1. The zero-order valence-electron chi connectivity index (χ0n) is 11.9. The number of benzene rings is 1. The van der Waals surface area contributed by atoms with Gasteiger partial charge >= 0.3 is 0 Å². The first-order chi connectivity index (χ1) is 9.26. The molecule has 3 heteroatoms. The van der Waals surface area contributed by atoms with Crippen LogP contribution in [0.25, 0.3) is 10.9 Å². The molecule has 0 spiro atoms. The Bertz CT molecular complexity index is 518. The normalized spacial score (nSPS) is 13.0. The van der Waals surface area contributed by atoms with Gasteiger partial charge in [-0.05, 0) is 35.6 Å². The second-order valence-corrected chi connectivity index (χ2v) is 6.33. The molecule has 2 rings (SSSR count). The van der Waals surface area contributed by atoms with Crippen LogP contribution in [-0.2, 0) is 13.0 Å². The Hall–Kier alpha value is -0.930. The molecule has 0 aliphatic heterocycles. The van der Waals surface area contributed by atoms with Crippen molar-refractivity contribution in [2.24, 2.45) is 5.73 Å². The van der Waals surface area contributed by atoms with Gasteiger partial charge in [0.05, 0.1) is 5.52 Å². The van der Waals surface area contributed by atoms with Gasteiger partial charge in [0, 0.05) is 24.5 Å². The fourth-order valence-corrected chi connectivity index (χ4v) is 3.04. The Labute approximate surface area is 120 Å². The molecule has 0 radical (unpaired) electrons. The van der Waals surface area contributed by atoms with Crippen LogP contribution >= 0.6 is 11.8 Å². The summed E-state index contributed by atoms with van der Waals surface area (Å²) < 4.78 is 2.38. The van der Waals surface area contributed by atoms with Crippen molar-refractivity contribution in [3.63, 3.8) is 0 Å². The second kappa shape index (κ2) is 7.01. The molecule has 0 aliphatic carbocycles. The van der Waals surface area contributed by atoms with Crippen LogP contribution in [0.2, 0.25) is 0 Å². The van der Waals surface area contributed by atoms with Crippen LogP contribution in [0.1, 0.15) is 25.8 Å². The third-order valence-corrected chi connectivity index (χ3v) is 4.44. The number of aromatic nitrogens is 1. The fraction of sp³-hybridized carbons (Fsp3) is 0.500. The molecular weight excluding hydrogens is 252 g/mol. The molecule has 0 saturated heterocycles. The monoisotopic (exact) mass is 276 g/mol. The molecule has 1 heterocycles. The van der Waals surface area contributed by atoms with E-state index in [1.54, 1.807) is 0 Å². The molecule has 1 aromatic heterocycles. The summed E-state index contributed by atoms with van der Waals surface area (Å²) in [6.45, 7) is 5.45. The van der Waals surface area contributed by atoms with Gasteiger partial charge in [0.15, 0.2) is 0 Å². The first-order valence-corrected chi connectivity index (χ1v) is 8.31. The zero-order chi connectivity index (χ0) is 13.7. The van der Waals surface area contributed by atoms with Crippen LogP contribution in [0, 0.1) is 0 Å². The summed E-state index contributed by atoms with van der Waals surface area (Å²) in [7, 11) is 0. The Morgan fingerprint density at radius 3 is 2.84 bits per heavy atom. The molecule has 0 bridgehead atoms. The summed E-state index contributed by atoms with van der Waals surface area (Å²) in [4.78, 5) is 0. The number of fused-ring (bicyclic) bond motifs is 1. The van der Waals surface area contributed by atoms with Gasteiger partial charge in [-0.25, -0.2) is 0 Å². The number of hydrogen-bond donors (Lipinski definition) is 1. The van der Waals surface area contributed by atoms with Gasteiger partial charge in [0.25, 0.3) is 0 Å². The topological polar surface area (TPSA) is 30.9 Å². The SMILES string of the molecule is CCSCCn1ccc2cccc(CC(N)CC)c21. The van der Waals surface area contributed by atoms with E-state index in [0.29, 0.717) is 0 Å². The predicted molar refractivity (Wildman–Crippen MR) is 86.9 cm³/mol. The Kier molecular flexibility index (Phi) is 5.34. The Morgan fingerprint density at radius 1 is 1.26 bits per heavy atom. The van der Waals surface area contributed by atoms with E-state index in [1.165, 1.54) is 28.0 Å². The average molecular weight is 276 g/mol. The molecule has 0 fully saturated rings. The van der Waals surface area contributed by atoms with Gasteiger partial charge in [0.2, 0.25) is 0 Å². The predicted octanol–water partition coefficient (Wildman–Crippen LogP) is 3.67. The van der Waals surface area contributed by atoms with Crippen molar-refractivity contribution in [2.75, 3.05) is 11.5 Å². The zero-order valence-corrected chi connectivity index (χ0v) is 12.7. The van der Waals surface area contributed by atoms with E-state index in [1.807, 2.05) is 11.8 Å².